The molecule has 13 rings (SSSR count). The summed E-state index contributed by atoms with van der Waals surface area (Å²) in [5.41, 5.74) is 11.9. The molecule has 2 aliphatic carbocycles. The minimum absolute atomic E-state index is 0.0625. The summed E-state index contributed by atoms with van der Waals surface area (Å²) in [4.78, 5) is 74.3. The number of fused-ring (bicyclic) bond motifs is 7. The van der Waals surface area contributed by atoms with Gasteiger partial charge in [0, 0.05) is 111 Å². The minimum Gasteiger partial charge on any atom is -0.597 e. The van der Waals surface area contributed by atoms with E-state index in [1.54, 1.807) is 12.1 Å². The van der Waals surface area contributed by atoms with E-state index in [0.29, 0.717) is 63.9 Å². The number of amides is 3. The molecule has 9 aliphatic rings. The second-order valence-corrected chi connectivity index (χ2v) is 31.1. The molecule has 0 radical (unpaired) electrons. The van der Waals surface area contributed by atoms with E-state index in [1.165, 1.54) is 0 Å². The Morgan fingerprint density at radius 1 is 0.943 bits per heavy atom. The summed E-state index contributed by atoms with van der Waals surface area (Å²) in [7, 11) is 1.74. The van der Waals surface area contributed by atoms with Gasteiger partial charge in [-0.15, -0.1) is 4.31 Å². The molecule has 2 saturated carbocycles. The molecule has 470 valence electrons. The van der Waals surface area contributed by atoms with E-state index in [9.17, 15) is 14.1 Å². The van der Waals surface area contributed by atoms with Crippen LogP contribution in [0, 0.1) is 22.7 Å². The third kappa shape index (κ3) is 12.1. The molecule has 8 fully saturated rings. The van der Waals surface area contributed by atoms with Crippen LogP contribution >= 0.6 is 0 Å². The van der Waals surface area contributed by atoms with Crippen LogP contribution in [0.4, 0.5) is 5.69 Å². The van der Waals surface area contributed by atoms with Gasteiger partial charge in [0.15, 0.2) is 6.04 Å². The monoisotopic (exact) mass is 1210 g/mol. The number of carbonyl (C=O) groups excluding carboxylic acids is 4. The first-order valence-corrected chi connectivity index (χ1v) is 34.0. The number of piperazine rings is 1. The number of carbonyl (C=O) groups is 4. The summed E-state index contributed by atoms with van der Waals surface area (Å²) in [6, 6.07) is 15.4. The summed E-state index contributed by atoms with van der Waals surface area (Å²) in [6.45, 7) is 23.7. The molecule has 4 aromatic rings. The molecule has 7 aliphatic heterocycles. The molecule has 1 spiro atoms. The first kappa shape index (κ1) is 60.8. The van der Waals surface area contributed by atoms with E-state index in [1.807, 2.05) is 36.2 Å². The molecule has 18 nitrogen and oxygen atoms in total. The number of morpholine rings is 1. The lowest BCUT2D eigenvalue weighted by Crippen LogP contribution is -2.62. The number of hydrogen-bond acceptors (Lipinski definition) is 14. The van der Waals surface area contributed by atoms with Crippen LogP contribution in [0.25, 0.3) is 33.3 Å². The summed E-state index contributed by atoms with van der Waals surface area (Å²) in [5, 5.41) is 6.08. The molecule has 6 saturated heterocycles. The fraction of sp³-hybridized carbons (Fsp3) is 0.662. The van der Waals surface area contributed by atoms with Crippen molar-refractivity contribution in [3.63, 3.8) is 0 Å². The van der Waals surface area contributed by atoms with Crippen molar-refractivity contribution in [1.29, 1.82) is 0 Å². The maximum atomic E-state index is 15.5. The van der Waals surface area contributed by atoms with Crippen molar-refractivity contribution in [3.05, 3.63) is 71.5 Å². The lowest BCUT2D eigenvalue weighted by Gasteiger charge is -2.44. The van der Waals surface area contributed by atoms with Crippen molar-refractivity contribution in [2.75, 3.05) is 90.7 Å². The topological polar surface area (TPSA) is 180 Å². The average molecular weight is 1210 g/mol. The summed E-state index contributed by atoms with van der Waals surface area (Å²) >= 11 is -1.25. The number of methoxy groups -OCH3 is 1. The summed E-state index contributed by atoms with van der Waals surface area (Å²) in [6.07, 6.45) is 11.6. The molecular weight excluding hydrogens is 1120 g/mol. The van der Waals surface area contributed by atoms with Crippen molar-refractivity contribution in [2.24, 2.45) is 22.7 Å². The molecule has 9 heterocycles. The number of pyridine rings is 1. The van der Waals surface area contributed by atoms with Gasteiger partial charge in [-0.05, 0) is 151 Å². The molecule has 2 N–H and O–H groups in total. The Bertz CT molecular complexity index is 3250. The van der Waals surface area contributed by atoms with Crippen LogP contribution in [0.2, 0.25) is 0 Å². The lowest BCUT2D eigenvalue weighted by atomic mass is 9.84. The first-order chi connectivity index (χ1) is 41.8. The molecule has 2 aromatic heterocycles. The van der Waals surface area contributed by atoms with E-state index in [-0.39, 0.29) is 60.3 Å². The molecule has 6 bridgehead atoms. The molecular formula is C68H94N10O8S. The number of aryl methyl sites for hydroxylation is 1. The number of cyclic esters (lactones) is 1. The van der Waals surface area contributed by atoms with Crippen molar-refractivity contribution < 1.29 is 37.9 Å². The Hall–Kier alpha value is -5.12. The van der Waals surface area contributed by atoms with E-state index in [4.69, 9.17) is 19.2 Å². The van der Waals surface area contributed by atoms with Gasteiger partial charge >= 0.3 is 5.97 Å². The molecule has 3 amide bonds. The van der Waals surface area contributed by atoms with Gasteiger partial charge in [0.1, 0.15) is 16.8 Å². The number of esters is 1. The van der Waals surface area contributed by atoms with Gasteiger partial charge in [-0.1, -0.05) is 57.0 Å². The number of ether oxygens (including phenoxy) is 3. The van der Waals surface area contributed by atoms with Crippen molar-refractivity contribution in [3.8, 4) is 22.4 Å². The van der Waals surface area contributed by atoms with Crippen LogP contribution in [-0.2, 0) is 64.1 Å². The number of nitrogens with zero attached hydrogens (tertiary/aromatic N) is 8. The second-order valence-electron chi connectivity index (χ2n) is 29.0. The number of likely N-dealkylation sites (tertiary alicyclic amines) is 2. The smallest absolute Gasteiger partial charge is 0.324 e. The highest BCUT2D eigenvalue weighted by molar-refractivity contribution is 7.90. The predicted octanol–water partition coefficient (Wildman–Crippen LogP) is 7.68. The van der Waals surface area contributed by atoms with Crippen LogP contribution in [0.3, 0.4) is 0 Å². The number of nitrogens with one attached hydrogen (secondary N) is 2. The molecule has 87 heavy (non-hydrogen) atoms. The van der Waals surface area contributed by atoms with E-state index >= 15 is 9.59 Å². The van der Waals surface area contributed by atoms with Crippen LogP contribution in [0.15, 0.2) is 54.7 Å². The fourth-order valence-electron chi connectivity index (χ4n) is 16.2. The Morgan fingerprint density at radius 2 is 1.74 bits per heavy atom. The highest BCUT2D eigenvalue weighted by Crippen LogP contribution is 2.52. The third-order valence-electron chi connectivity index (χ3n) is 21.1. The Morgan fingerprint density at radius 3 is 2.51 bits per heavy atom. The zero-order valence-corrected chi connectivity index (χ0v) is 53.6. The number of anilines is 1. The zero-order valence-electron chi connectivity index (χ0n) is 52.8. The second kappa shape index (κ2) is 24.3. The number of benzene rings is 2. The SMILES string of the molecule is CCn1c(-c2cc(N3CCN4CCOC[C@@H]4C3)cnc2[C@H](C)OC)c2c3cc(ccc31)-c1cccc(c1)C[C@H](NC(=O)[C@H](C1CCCC1)N1CC[C@]3(CCN(C(=O)[C@H]4[C@@H](C5CC5)N4[S+]([O-])C(C)(C)C)C3)C1)C(=O)N1CCC[C@H](N1)C(=O)OCC(C)(C)C2. The maximum absolute atomic E-state index is 15.5. The largest absolute Gasteiger partial charge is 0.597 e. The Labute approximate surface area is 518 Å². The number of hydrazine groups is 1. The van der Waals surface area contributed by atoms with Crippen LogP contribution < -0.4 is 15.6 Å². The van der Waals surface area contributed by atoms with Crippen molar-refractivity contribution in [2.45, 2.75) is 179 Å². The predicted molar refractivity (Wildman–Crippen MR) is 338 cm³/mol. The third-order valence-corrected chi connectivity index (χ3v) is 23.0. The van der Waals surface area contributed by atoms with Gasteiger partial charge < -0.3 is 38.4 Å². The van der Waals surface area contributed by atoms with Gasteiger partial charge in [0.05, 0.1) is 67.3 Å². The van der Waals surface area contributed by atoms with E-state index in [2.05, 4.69) is 106 Å². The van der Waals surface area contributed by atoms with Gasteiger partial charge in [-0.3, -0.25) is 39.0 Å². The lowest BCUT2D eigenvalue weighted by molar-refractivity contribution is -0.155. The first-order valence-electron chi connectivity index (χ1n) is 32.9. The molecule has 19 heteroatoms. The van der Waals surface area contributed by atoms with E-state index < -0.39 is 45.6 Å². The number of aromatic nitrogens is 2. The minimum atomic E-state index is -1.25. The Balaban J connectivity index is 0.814. The fourth-order valence-corrected chi connectivity index (χ4v) is 17.7. The summed E-state index contributed by atoms with van der Waals surface area (Å²) in [5.74, 6) is -0.135. The maximum Gasteiger partial charge on any atom is 0.324 e. The van der Waals surface area contributed by atoms with Gasteiger partial charge in [0.25, 0.3) is 5.91 Å². The summed E-state index contributed by atoms with van der Waals surface area (Å²) < 4.78 is 36.1. The quantitative estimate of drug-likeness (QED) is 0.0802. The Kier molecular flexibility index (Phi) is 16.9. The highest BCUT2D eigenvalue weighted by Gasteiger charge is 2.68. The average Bonchev–Trinajstić information content (AvgIpc) is 1.59. The number of hydrogen-bond donors (Lipinski definition) is 2. The highest BCUT2D eigenvalue weighted by atomic mass is 32.2. The normalized spacial score (nSPS) is 29.5. The van der Waals surface area contributed by atoms with E-state index in [0.717, 1.165) is 153 Å². The molecule has 10 atom stereocenters. The van der Waals surface area contributed by atoms with Crippen LogP contribution in [0.1, 0.15) is 136 Å². The van der Waals surface area contributed by atoms with Gasteiger partial charge in [0.2, 0.25) is 11.8 Å². The van der Waals surface area contributed by atoms with Crippen molar-refractivity contribution >= 4 is 51.6 Å². The van der Waals surface area contributed by atoms with Crippen LogP contribution in [0.5, 0.6) is 0 Å². The molecule has 2 unspecified atom stereocenters. The molecule has 2 aromatic carbocycles. The van der Waals surface area contributed by atoms with Crippen LogP contribution in [-0.4, -0.2) is 189 Å². The van der Waals surface area contributed by atoms with Gasteiger partial charge in [-0.2, -0.15) is 0 Å². The van der Waals surface area contributed by atoms with Crippen molar-refractivity contribution in [1.82, 2.24) is 44.3 Å². The zero-order chi connectivity index (χ0) is 60.7. The van der Waals surface area contributed by atoms with Gasteiger partial charge in [-0.25, -0.2) is 5.43 Å². The number of rotatable bonds is 12. The standard InChI is InChI=1S/C68H94N10O8S/c1-9-76-56-22-21-48-34-51(56)53(60(76)52-35-49(37-69-57(52)43(2)84-8)73-29-28-72-30-31-85-39-50(72)38-73)36-67(6,7)42-86-65(82)54-18-13-25-77(71-54)63(80)55(33-44-14-12-17-47(48)32-44)70-62(79)59(45-15-10-11-16-45)74-26-23-68(40-74)24-27-75(41-68)64(81)61-58(46-19-20-46)78(61)87(83)66(3,4)5/h12,14,17,21-22,32,34-35,37,43,45-46,50,54-55,58-59,61,71H,9-11,13,15-16,18-20,23-31,33,36,38-42H2,1-8H3,(H,70,79)/t43-,50-,54-,55-,58+,59-,61+,68-,78?,87?/m0/s1.